The molecule has 1 amide bonds. The number of rotatable bonds is 4. The zero-order valence-electron chi connectivity index (χ0n) is 13.7. The van der Waals surface area contributed by atoms with Crippen molar-refractivity contribution in [2.75, 3.05) is 12.4 Å². The lowest BCUT2D eigenvalue weighted by molar-refractivity contribution is -0.112. The summed E-state index contributed by atoms with van der Waals surface area (Å²) in [6, 6.07) is 12.6. The minimum Gasteiger partial charge on any atom is -0.497 e. The molecule has 2 aromatic rings. The van der Waals surface area contributed by atoms with E-state index in [2.05, 4.69) is 5.32 Å². The molecule has 2 aromatic carbocycles. The van der Waals surface area contributed by atoms with Crippen molar-refractivity contribution < 1.29 is 9.53 Å². The SMILES string of the molecule is COc1cc(Cl)cc(/C=C(\C#N)C(=O)Nc2ccc(C)cc2C)c1. The van der Waals surface area contributed by atoms with Crippen molar-refractivity contribution in [3.63, 3.8) is 0 Å². The van der Waals surface area contributed by atoms with Gasteiger partial charge in [0.05, 0.1) is 7.11 Å². The van der Waals surface area contributed by atoms with E-state index in [1.807, 2.05) is 38.1 Å². The molecule has 5 heteroatoms. The number of nitriles is 1. The second-order valence-electron chi connectivity index (χ2n) is 5.37. The molecule has 0 spiro atoms. The Bertz CT molecular complexity index is 851. The molecular weight excluding hydrogens is 324 g/mol. The lowest BCUT2D eigenvalue weighted by atomic mass is 10.1. The van der Waals surface area contributed by atoms with Gasteiger partial charge in [-0.2, -0.15) is 5.26 Å². The average Bonchev–Trinajstić information content (AvgIpc) is 2.54. The molecule has 0 atom stereocenters. The van der Waals surface area contributed by atoms with Crippen molar-refractivity contribution in [3.8, 4) is 11.8 Å². The van der Waals surface area contributed by atoms with Gasteiger partial charge in [0.1, 0.15) is 17.4 Å². The Balaban J connectivity index is 2.29. The molecule has 2 rings (SSSR count). The van der Waals surface area contributed by atoms with E-state index in [1.165, 1.54) is 13.2 Å². The van der Waals surface area contributed by atoms with Gasteiger partial charge in [0.25, 0.3) is 5.91 Å². The predicted octanol–water partition coefficient (Wildman–Crippen LogP) is 4.51. The van der Waals surface area contributed by atoms with Crippen molar-refractivity contribution in [1.82, 2.24) is 0 Å². The summed E-state index contributed by atoms with van der Waals surface area (Å²) >= 11 is 6.01. The van der Waals surface area contributed by atoms with E-state index in [9.17, 15) is 10.1 Å². The summed E-state index contributed by atoms with van der Waals surface area (Å²) in [5.41, 5.74) is 3.32. The fourth-order valence-corrected chi connectivity index (χ4v) is 2.48. The average molecular weight is 341 g/mol. The minimum absolute atomic E-state index is 0.0145. The molecule has 1 N–H and O–H groups in total. The summed E-state index contributed by atoms with van der Waals surface area (Å²) in [6.45, 7) is 3.88. The Morgan fingerprint density at radius 2 is 2.00 bits per heavy atom. The van der Waals surface area contributed by atoms with Gasteiger partial charge in [0.15, 0.2) is 0 Å². The standard InChI is InChI=1S/C19H17ClN2O2/c1-12-4-5-18(13(2)6-12)22-19(23)15(11-21)7-14-8-16(20)10-17(9-14)24-3/h4-10H,1-3H3,(H,22,23)/b15-7+. The maximum absolute atomic E-state index is 12.4. The van der Waals surface area contributed by atoms with Gasteiger partial charge in [-0.3, -0.25) is 4.79 Å². The van der Waals surface area contributed by atoms with Crippen molar-refractivity contribution in [1.29, 1.82) is 5.26 Å². The number of hydrogen-bond acceptors (Lipinski definition) is 3. The van der Waals surface area contributed by atoms with Gasteiger partial charge < -0.3 is 10.1 Å². The summed E-state index contributed by atoms with van der Waals surface area (Å²) in [6.07, 6.45) is 1.48. The first kappa shape index (κ1) is 17.6. The van der Waals surface area contributed by atoms with Gasteiger partial charge in [-0.1, -0.05) is 29.3 Å². The molecule has 0 aromatic heterocycles. The molecule has 0 unspecified atom stereocenters. The van der Waals surface area contributed by atoms with Crippen LogP contribution in [0.1, 0.15) is 16.7 Å². The van der Waals surface area contributed by atoms with E-state index in [4.69, 9.17) is 16.3 Å². The molecule has 0 bridgehead atoms. The van der Waals surface area contributed by atoms with E-state index in [0.717, 1.165) is 11.1 Å². The Kier molecular flexibility index (Phi) is 5.62. The van der Waals surface area contributed by atoms with E-state index in [0.29, 0.717) is 22.0 Å². The molecular formula is C19H17ClN2O2. The Labute approximate surface area is 146 Å². The molecule has 0 aliphatic heterocycles. The van der Waals surface area contributed by atoms with Crippen LogP contribution in [0, 0.1) is 25.2 Å². The number of amides is 1. The van der Waals surface area contributed by atoms with Crippen LogP contribution in [0.5, 0.6) is 5.75 Å². The fourth-order valence-electron chi connectivity index (χ4n) is 2.24. The van der Waals surface area contributed by atoms with Crippen LogP contribution < -0.4 is 10.1 Å². The zero-order chi connectivity index (χ0) is 17.7. The van der Waals surface area contributed by atoms with E-state index < -0.39 is 5.91 Å². The van der Waals surface area contributed by atoms with Crippen LogP contribution in [0.25, 0.3) is 6.08 Å². The molecule has 0 aliphatic carbocycles. The summed E-state index contributed by atoms with van der Waals surface area (Å²) in [5.74, 6) is 0.0872. The molecule has 24 heavy (non-hydrogen) atoms. The van der Waals surface area contributed by atoms with Crippen LogP contribution >= 0.6 is 11.6 Å². The number of carbonyl (C=O) groups is 1. The summed E-state index contributed by atoms with van der Waals surface area (Å²) in [4.78, 5) is 12.4. The quantitative estimate of drug-likeness (QED) is 0.658. The highest BCUT2D eigenvalue weighted by atomic mass is 35.5. The van der Waals surface area contributed by atoms with Crippen LogP contribution in [-0.2, 0) is 4.79 Å². The summed E-state index contributed by atoms with van der Waals surface area (Å²) in [5, 5.41) is 12.5. The molecule has 0 saturated heterocycles. The number of ether oxygens (including phenoxy) is 1. The third-order valence-corrected chi connectivity index (χ3v) is 3.65. The van der Waals surface area contributed by atoms with Crippen molar-refractivity contribution >= 4 is 29.3 Å². The first-order valence-electron chi connectivity index (χ1n) is 7.28. The monoisotopic (exact) mass is 340 g/mol. The zero-order valence-corrected chi connectivity index (χ0v) is 14.4. The van der Waals surface area contributed by atoms with Crippen LogP contribution in [0.2, 0.25) is 5.02 Å². The number of nitrogens with one attached hydrogen (secondary N) is 1. The number of methoxy groups -OCH3 is 1. The van der Waals surface area contributed by atoms with E-state index >= 15 is 0 Å². The van der Waals surface area contributed by atoms with E-state index in [-0.39, 0.29) is 5.57 Å². The predicted molar refractivity (Wildman–Crippen MR) is 96.1 cm³/mol. The first-order valence-corrected chi connectivity index (χ1v) is 7.65. The van der Waals surface area contributed by atoms with Gasteiger partial charge in [-0.05, 0) is 55.3 Å². The number of hydrogen-bond donors (Lipinski definition) is 1. The molecule has 0 aliphatic rings. The number of benzene rings is 2. The Hall–Kier alpha value is -2.77. The van der Waals surface area contributed by atoms with Crippen LogP contribution in [0.15, 0.2) is 42.0 Å². The first-order chi connectivity index (χ1) is 11.4. The second kappa shape index (κ2) is 7.67. The van der Waals surface area contributed by atoms with Crippen LogP contribution in [0.4, 0.5) is 5.69 Å². The largest absolute Gasteiger partial charge is 0.497 e. The third kappa shape index (κ3) is 4.37. The van der Waals surface area contributed by atoms with Crippen molar-refractivity contribution in [2.24, 2.45) is 0 Å². The summed E-state index contributed by atoms with van der Waals surface area (Å²) in [7, 11) is 1.53. The molecule has 4 nitrogen and oxygen atoms in total. The minimum atomic E-state index is -0.469. The highest BCUT2D eigenvalue weighted by Gasteiger charge is 2.11. The maximum Gasteiger partial charge on any atom is 0.266 e. The molecule has 0 radical (unpaired) electrons. The van der Waals surface area contributed by atoms with Crippen LogP contribution in [0.3, 0.4) is 0 Å². The van der Waals surface area contributed by atoms with Crippen molar-refractivity contribution in [2.45, 2.75) is 13.8 Å². The summed E-state index contributed by atoms with van der Waals surface area (Å²) < 4.78 is 5.14. The highest BCUT2D eigenvalue weighted by molar-refractivity contribution is 6.30. The Morgan fingerprint density at radius 3 is 2.62 bits per heavy atom. The van der Waals surface area contributed by atoms with Gasteiger partial charge in [-0.15, -0.1) is 0 Å². The number of anilines is 1. The molecule has 0 saturated carbocycles. The second-order valence-corrected chi connectivity index (χ2v) is 5.80. The smallest absolute Gasteiger partial charge is 0.266 e. The van der Waals surface area contributed by atoms with Gasteiger partial charge in [0, 0.05) is 10.7 Å². The third-order valence-electron chi connectivity index (χ3n) is 3.44. The fraction of sp³-hybridized carbons (Fsp3) is 0.158. The molecule has 0 fully saturated rings. The number of carbonyl (C=O) groups excluding carboxylic acids is 1. The van der Waals surface area contributed by atoms with Crippen molar-refractivity contribution in [3.05, 3.63) is 63.7 Å². The highest BCUT2D eigenvalue weighted by Crippen LogP contribution is 2.23. The molecule has 122 valence electrons. The molecule has 0 heterocycles. The van der Waals surface area contributed by atoms with Crippen LogP contribution in [-0.4, -0.2) is 13.0 Å². The van der Waals surface area contributed by atoms with Gasteiger partial charge >= 0.3 is 0 Å². The lowest BCUT2D eigenvalue weighted by Gasteiger charge is -2.09. The van der Waals surface area contributed by atoms with Gasteiger partial charge in [-0.25, -0.2) is 0 Å². The maximum atomic E-state index is 12.4. The number of halogens is 1. The normalized spacial score (nSPS) is 10.9. The van der Waals surface area contributed by atoms with Gasteiger partial charge in [0.2, 0.25) is 0 Å². The topological polar surface area (TPSA) is 62.1 Å². The Morgan fingerprint density at radius 1 is 1.25 bits per heavy atom. The number of aryl methyl sites for hydroxylation is 2. The van der Waals surface area contributed by atoms with E-state index in [1.54, 1.807) is 18.2 Å². The number of nitrogens with zero attached hydrogens (tertiary/aromatic N) is 1. The lowest BCUT2D eigenvalue weighted by Crippen LogP contribution is -2.14.